The fourth-order valence-corrected chi connectivity index (χ4v) is 2.71. The molecule has 162 valence electrons. The summed E-state index contributed by atoms with van der Waals surface area (Å²) in [6.45, 7) is 1.26. The largest absolute Gasteiger partial charge is 0.480 e. The van der Waals surface area contributed by atoms with Crippen molar-refractivity contribution < 1.29 is 29.3 Å². The number of carbonyl (C=O) groups excluding carboxylic acids is 2. The highest BCUT2D eigenvalue weighted by atomic mass is 16.5. The fourth-order valence-electron chi connectivity index (χ4n) is 2.71. The van der Waals surface area contributed by atoms with Gasteiger partial charge in [0.1, 0.15) is 18.7 Å². The van der Waals surface area contributed by atoms with E-state index >= 15 is 0 Å². The molecule has 2 aromatic carbocycles. The Morgan fingerprint density at radius 1 is 1.03 bits per heavy atom. The lowest BCUT2D eigenvalue weighted by Gasteiger charge is -2.23. The van der Waals surface area contributed by atoms with E-state index < -0.39 is 36.2 Å². The summed E-state index contributed by atoms with van der Waals surface area (Å²) in [5.41, 5.74) is 1.76. The summed E-state index contributed by atoms with van der Waals surface area (Å²) in [6, 6.07) is 14.4. The quantitative estimate of drug-likeness (QED) is 0.474. The lowest BCUT2D eigenvalue weighted by Crippen LogP contribution is -2.56. The summed E-state index contributed by atoms with van der Waals surface area (Å²) in [5.74, 6) is -2.15. The van der Waals surface area contributed by atoms with Crippen molar-refractivity contribution in [2.45, 2.75) is 38.1 Å². The predicted molar refractivity (Wildman–Crippen MR) is 110 cm³/mol. The molecule has 0 aliphatic heterocycles. The van der Waals surface area contributed by atoms with Gasteiger partial charge in [0.15, 0.2) is 0 Å². The molecule has 0 radical (unpaired) electrons. The summed E-state index contributed by atoms with van der Waals surface area (Å²) in [6.07, 6.45) is -2.27. The second kappa shape index (κ2) is 11.3. The SMILES string of the molecule is C[C@@H](O)[C@H](NC(=O)OCc1ccccc1)C(=O)N[C@H](Cc1ccc(C#N)cc1)C(=O)O. The molecule has 9 nitrogen and oxygen atoms in total. The number of nitrogens with one attached hydrogen (secondary N) is 2. The highest BCUT2D eigenvalue weighted by Gasteiger charge is 2.30. The summed E-state index contributed by atoms with van der Waals surface area (Å²) in [7, 11) is 0. The lowest BCUT2D eigenvalue weighted by atomic mass is 10.0. The zero-order valence-corrected chi connectivity index (χ0v) is 16.8. The van der Waals surface area contributed by atoms with Crippen LogP contribution in [0.15, 0.2) is 54.6 Å². The van der Waals surface area contributed by atoms with Crippen molar-refractivity contribution in [2.24, 2.45) is 0 Å². The molecule has 2 rings (SSSR count). The van der Waals surface area contributed by atoms with Crippen molar-refractivity contribution in [1.82, 2.24) is 10.6 Å². The van der Waals surface area contributed by atoms with Crippen molar-refractivity contribution >= 4 is 18.0 Å². The molecule has 0 aromatic heterocycles. The molecule has 0 saturated heterocycles. The van der Waals surface area contributed by atoms with Gasteiger partial charge in [-0.15, -0.1) is 0 Å². The molecular weight excluding hydrogens is 402 g/mol. The number of benzene rings is 2. The minimum absolute atomic E-state index is 0.0305. The van der Waals surface area contributed by atoms with E-state index in [1.165, 1.54) is 6.92 Å². The zero-order valence-electron chi connectivity index (χ0n) is 16.8. The number of aliphatic hydroxyl groups excluding tert-OH is 1. The zero-order chi connectivity index (χ0) is 22.8. The molecule has 4 N–H and O–H groups in total. The number of aliphatic hydroxyl groups is 1. The van der Waals surface area contributed by atoms with Crippen LogP contribution in [0.4, 0.5) is 4.79 Å². The molecule has 2 aromatic rings. The minimum atomic E-state index is -1.41. The molecule has 31 heavy (non-hydrogen) atoms. The van der Waals surface area contributed by atoms with Crippen LogP contribution in [0.2, 0.25) is 0 Å². The Balaban J connectivity index is 1.98. The van der Waals surface area contributed by atoms with E-state index in [2.05, 4.69) is 10.6 Å². The highest BCUT2D eigenvalue weighted by Crippen LogP contribution is 2.08. The third-order valence-corrected chi connectivity index (χ3v) is 4.39. The van der Waals surface area contributed by atoms with E-state index in [0.29, 0.717) is 11.1 Å². The summed E-state index contributed by atoms with van der Waals surface area (Å²) >= 11 is 0. The molecule has 0 saturated carbocycles. The highest BCUT2D eigenvalue weighted by molar-refractivity contribution is 5.89. The van der Waals surface area contributed by atoms with E-state index in [1.807, 2.05) is 12.1 Å². The first kappa shape index (κ1) is 23.4. The Hall–Kier alpha value is -3.90. The van der Waals surface area contributed by atoms with Crippen LogP contribution in [0, 0.1) is 11.3 Å². The van der Waals surface area contributed by atoms with Crippen LogP contribution in [0.25, 0.3) is 0 Å². The predicted octanol–water partition coefficient (Wildman–Crippen LogP) is 1.35. The number of nitriles is 1. The number of hydrogen-bond acceptors (Lipinski definition) is 6. The van der Waals surface area contributed by atoms with Crippen LogP contribution < -0.4 is 10.6 Å². The molecule has 2 amide bonds. The Labute approximate surface area is 179 Å². The number of rotatable bonds is 9. The number of hydrogen-bond donors (Lipinski definition) is 4. The van der Waals surface area contributed by atoms with Crippen LogP contribution in [0.3, 0.4) is 0 Å². The molecule has 0 spiro atoms. The molecular formula is C22H23N3O6. The van der Waals surface area contributed by atoms with Crippen molar-refractivity contribution in [3.8, 4) is 6.07 Å². The molecule has 0 unspecified atom stereocenters. The number of aliphatic carboxylic acids is 1. The van der Waals surface area contributed by atoms with Gasteiger partial charge in [-0.25, -0.2) is 9.59 Å². The van der Waals surface area contributed by atoms with Gasteiger partial charge in [0.25, 0.3) is 0 Å². The van der Waals surface area contributed by atoms with Crippen molar-refractivity contribution in [3.63, 3.8) is 0 Å². The molecule has 3 atom stereocenters. The van der Waals surface area contributed by atoms with Crippen molar-refractivity contribution in [2.75, 3.05) is 0 Å². The second-order valence-corrected chi connectivity index (χ2v) is 6.84. The summed E-state index contributed by atoms with van der Waals surface area (Å²) in [5, 5.41) is 32.8. The minimum Gasteiger partial charge on any atom is -0.480 e. The summed E-state index contributed by atoms with van der Waals surface area (Å²) in [4.78, 5) is 36.2. The topological polar surface area (TPSA) is 149 Å². The van der Waals surface area contributed by atoms with Gasteiger partial charge in [-0.3, -0.25) is 4.79 Å². The maximum atomic E-state index is 12.6. The van der Waals surface area contributed by atoms with Crippen LogP contribution in [0.5, 0.6) is 0 Å². The van der Waals surface area contributed by atoms with Crippen molar-refractivity contribution in [3.05, 3.63) is 71.3 Å². The average Bonchev–Trinajstić information content (AvgIpc) is 2.76. The van der Waals surface area contributed by atoms with Gasteiger partial charge < -0.3 is 25.6 Å². The Morgan fingerprint density at radius 2 is 1.68 bits per heavy atom. The molecule has 0 aliphatic rings. The number of carboxylic acid groups (broad SMARTS) is 1. The summed E-state index contributed by atoms with van der Waals surface area (Å²) < 4.78 is 5.04. The van der Waals surface area contributed by atoms with Gasteiger partial charge in [-0.2, -0.15) is 5.26 Å². The van der Waals surface area contributed by atoms with E-state index in [9.17, 15) is 24.6 Å². The number of alkyl carbamates (subject to hydrolysis) is 1. The standard InChI is InChI=1S/C22H23N3O6/c1-14(26)19(25-22(30)31-13-17-5-3-2-4-6-17)20(27)24-18(21(28)29)11-15-7-9-16(12-23)10-8-15/h2-10,14,18-19,26H,11,13H2,1H3,(H,24,27)(H,25,30)(H,28,29)/t14-,18-,19+/m1/s1. The van der Waals surface area contributed by atoms with Crippen LogP contribution in [-0.4, -0.2) is 46.4 Å². The third-order valence-electron chi connectivity index (χ3n) is 4.39. The second-order valence-electron chi connectivity index (χ2n) is 6.84. The van der Waals surface area contributed by atoms with Gasteiger partial charge in [-0.05, 0) is 30.2 Å². The molecule has 9 heteroatoms. The maximum Gasteiger partial charge on any atom is 0.408 e. The first-order chi connectivity index (χ1) is 14.8. The number of amides is 2. The number of carboxylic acids is 1. The molecule has 0 fully saturated rings. The first-order valence-electron chi connectivity index (χ1n) is 9.47. The Bertz CT molecular complexity index is 938. The van der Waals surface area contributed by atoms with E-state index in [-0.39, 0.29) is 13.0 Å². The Morgan fingerprint density at radius 3 is 2.23 bits per heavy atom. The van der Waals surface area contributed by atoms with Crippen molar-refractivity contribution in [1.29, 1.82) is 5.26 Å². The molecule has 0 bridgehead atoms. The van der Waals surface area contributed by atoms with E-state index in [0.717, 1.165) is 5.56 Å². The Kier molecular flexibility index (Phi) is 8.54. The maximum absolute atomic E-state index is 12.6. The van der Waals surface area contributed by atoms with Crippen LogP contribution in [0.1, 0.15) is 23.6 Å². The van der Waals surface area contributed by atoms with Gasteiger partial charge in [0.05, 0.1) is 17.7 Å². The number of ether oxygens (including phenoxy) is 1. The molecule has 0 aliphatic carbocycles. The fraction of sp³-hybridized carbons (Fsp3) is 0.273. The first-order valence-corrected chi connectivity index (χ1v) is 9.47. The monoisotopic (exact) mass is 425 g/mol. The normalized spacial score (nSPS) is 13.2. The average molecular weight is 425 g/mol. The van der Waals surface area contributed by atoms with Gasteiger partial charge in [0, 0.05) is 6.42 Å². The van der Waals surface area contributed by atoms with Gasteiger partial charge >= 0.3 is 12.1 Å². The van der Waals surface area contributed by atoms with Crippen LogP contribution >= 0.6 is 0 Å². The van der Waals surface area contributed by atoms with Gasteiger partial charge in [-0.1, -0.05) is 42.5 Å². The molecule has 0 heterocycles. The third kappa shape index (κ3) is 7.45. The van der Waals surface area contributed by atoms with Crippen LogP contribution in [-0.2, 0) is 27.4 Å². The lowest BCUT2D eigenvalue weighted by molar-refractivity contribution is -0.142. The van der Waals surface area contributed by atoms with Gasteiger partial charge in [0.2, 0.25) is 5.91 Å². The smallest absolute Gasteiger partial charge is 0.408 e. The van der Waals surface area contributed by atoms with E-state index in [4.69, 9.17) is 10.00 Å². The number of carbonyl (C=O) groups is 3. The number of nitrogens with zero attached hydrogens (tertiary/aromatic N) is 1. The van der Waals surface area contributed by atoms with E-state index in [1.54, 1.807) is 48.5 Å².